The molecule has 1 fully saturated rings. The molecule has 0 unspecified atom stereocenters. The lowest BCUT2D eigenvalue weighted by atomic mass is 10.0. The molecule has 2 aromatic heterocycles. The van der Waals surface area contributed by atoms with Crippen molar-refractivity contribution < 1.29 is 36.6 Å². The minimum absolute atomic E-state index is 0.148. The van der Waals surface area contributed by atoms with Crippen LogP contribution in [0.3, 0.4) is 0 Å². The number of anilines is 2. The van der Waals surface area contributed by atoms with E-state index in [1.165, 1.54) is 18.3 Å². The molecular formula is C20H21F5N6O3. The first-order valence-corrected chi connectivity index (χ1v) is 9.94. The van der Waals surface area contributed by atoms with Crippen molar-refractivity contribution in [1.82, 2.24) is 14.6 Å². The van der Waals surface area contributed by atoms with Gasteiger partial charge in [0.25, 0.3) is 0 Å². The van der Waals surface area contributed by atoms with Gasteiger partial charge < -0.3 is 26.2 Å². The van der Waals surface area contributed by atoms with Gasteiger partial charge in [-0.05, 0) is 24.3 Å². The smallest absolute Gasteiger partial charge is 0.490 e. The molecule has 0 bridgehead atoms. The lowest BCUT2D eigenvalue weighted by molar-refractivity contribution is -0.192. The summed E-state index contributed by atoms with van der Waals surface area (Å²) in [5.41, 5.74) is 12.9. The van der Waals surface area contributed by atoms with E-state index in [1.807, 2.05) is 0 Å². The van der Waals surface area contributed by atoms with E-state index in [1.54, 1.807) is 27.7 Å². The molecule has 3 heterocycles. The van der Waals surface area contributed by atoms with Gasteiger partial charge >= 0.3 is 12.1 Å². The lowest BCUT2D eigenvalue weighted by Crippen LogP contribution is -2.25. The van der Waals surface area contributed by atoms with Gasteiger partial charge in [0.15, 0.2) is 5.65 Å². The number of carboxylic acid groups (broad SMARTS) is 1. The molecule has 3 aromatic rings. The molecule has 0 amide bonds. The summed E-state index contributed by atoms with van der Waals surface area (Å²) in [6.45, 7) is 0.769. The fourth-order valence-corrected chi connectivity index (χ4v) is 3.45. The van der Waals surface area contributed by atoms with Gasteiger partial charge in [-0.2, -0.15) is 18.3 Å². The van der Waals surface area contributed by atoms with E-state index in [-0.39, 0.29) is 13.0 Å². The molecule has 0 radical (unpaired) electrons. The number of halogens is 5. The molecule has 0 saturated carbocycles. The molecule has 5 N–H and O–H groups in total. The molecule has 0 aliphatic carbocycles. The van der Waals surface area contributed by atoms with Crippen molar-refractivity contribution in [2.45, 2.75) is 24.8 Å². The standard InChI is InChI=1S/C18H20F2N6O.C2HF3O2/c19-11-1-2-16(27-6-4-21)13(7-11)15-8-12(20)10-25(15)17-3-5-26-18(24-17)14(22)9-23-26;3-2(4,5)1(6)7/h1-3,5,7,9,12,15H,4,6,8,10,21-22H2;(H,6,7)/t12-,15+;/m0./s1. The molecule has 14 heteroatoms. The van der Waals surface area contributed by atoms with Gasteiger partial charge in [0.2, 0.25) is 0 Å². The summed E-state index contributed by atoms with van der Waals surface area (Å²) in [5.74, 6) is -2.12. The van der Waals surface area contributed by atoms with Crippen LogP contribution >= 0.6 is 0 Å². The Morgan fingerprint density at radius 3 is 2.65 bits per heavy atom. The van der Waals surface area contributed by atoms with E-state index in [0.717, 1.165) is 0 Å². The number of fused-ring (bicyclic) bond motifs is 1. The molecule has 34 heavy (non-hydrogen) atoms. The van der Waals surface area contributed by atoms with Gasteiger partial charge in [-0.15, -0.1) is 0 Å². The first-order chi connectivity index (χ1) is 16.0. The molecule has 9 nitrogen and oxygen atoms in total. The molecule has 0 spiro atoms. The van der Waals surface area contributed by atoms with Crippen LogP contribution in [0.15, 0.2) is 36.7 Å². The highest BCUT2D eigenvalue weighted by molar-refractivity contribution is 5.73. The number of alkyl halides is 4. The average molecular weight is 488 g/mol. The van der Waals surface area contributed by atoms with Crippen LogP contribution in [0.5, 0.6) is 5.75 Å². The number of hydrogen-bond donors (Lipinski definition) is 3. The maximum Gasteiger partial charge on any atom is 0.490 e. The number of nitrogens with zero attached hydrogens (tertiary/aromatic N) is 4. The number of hydrogen-bond acceptors (Lipinski definition) is 7. The van der Waals surface area contributed by atoms with Gasteiger partial charge in [0.05, 0.1) is 24.5 Å². The van der Waals surface area contributed by atoms with Gasteiger partial charge in [0.1, 0.15) is 30.2 Å². The summed E-state index contributed by atoms with van der Waals surface area (Å²) in [6, 6.07) is 5.58. The van der Waals surface area contributed by atoms with Gasteiger partial charge in [-0.25, -0.2) is 23.1 Å². The maximum atomic E-state index is 14.3. The van der Waals surface area contributed by atoms with Crippen LogP contribution < -0.4 is 21.1 Å². The Balaban J connectivity index is 0.000000406. The highest BCUT2D eigenvalue weighted by Crippen LogP contribution is 2.41. The summed E-state index contributed by atoms with van der Waals surface area (Å²) in [5, 5.41) is 11.2. The SMILES string of the molecule is NCCOc1ccc(F)cc1[C@H]1C[C@H](F)CN1c1ccn2ncc(N)c2n1.O=C(O)C(F)(F)F. The van der Waals surface area contributed by atoms with Gasteiger partial charge in [-0.3, -0.25) is 0 Å². The van der Waals surface area contributed by atoms with Crippen molar-refractivity contribution in [1.29, 1.82) is 0 Å². The summed E-state index contributed by atoms with van der Waals surface area (Å²) in [4.78, 5) is 15.2. The zero-order valence-corrected chi connectivity index (χ0v) is 17.5. The minimum atomic E-state index is -5.08. The maximum absolute atomic E-state index is 14.3. The Morgan fingerprint density at radius 1 is 1.29 bits per heavy atom. The Kier molecular flexibility index (Phi) is 7.39. The summed E-state index contributed by atoms with van der Waals surface area (Å²) in [6.07, 6.45) is -2.71. The summed E-state index contributed by atoms with van der Waals surface area (Å²) < 4.78 is 67.2. The molecule has 1 aliphatic rings. The second kappa shape index (κ2) is 10.1. The largest absolute Gasteiger partial charge is 0.492 e. The van der Waals surface area contributed by atoms with Crippen LogP contribution in [-0.2, 0) is 4.79 Å². The summed E-state index contributed by atoms with van der Waals surface area (Å²) in [7, 11) is 0. The molecular weight excluding hydrogens is 467 g/mol. The minimum Gasteiger partial charge on any atom is -0.492 e. The van der Waals surface area contributed by atoms with Crippen LogP contribution in [0.4, 0.5) is 33.5 Å². The Hall–Kier alpha value is -3.68. The first-order valence-electron chi connectivity index (χ1n) is 9.94. The van der Waals surface area contributed by atoms with E-state index in [2.05, 4.69) is 10.1 Å². The number of nitrogens with two attached hydrogens (primary N) is 2. The lowest BCUT2D eigenvalue weighted by Gasteiger charge is -2.27. The molecule has 1 saturated heterocycles. The first kappa shape index (κ1) is 25.0. The zero-order chi connectivity index (χ0) is 25.0. The van der Waals surface area contributed by atoms with E-state index in [9.17, 15) is 22.0 Å². The number of ether oxygens (including phenoxy) is 1. The van der Waals surface area contributed by atoms with Gasteiger partial charge in [0, 0.05) is 24.7 Å². The zero-order valence-electron chi connectivity index (χ0n) is 17.5. The monoisotopic (exact) mass is 488 g/mol. The van der Waals surface area contributed by atoms with Crippen LogP contribution in [0.25, 0.3) is 5.65 Å². The molecule has 184 valence electrons. The second-order valence-electron chi connectivity index (χ2n) is 7.28. The molecule has 1 aromatic carbocycles. The number of aliphatic carboxylic acids is 1. The Morgan fingerprint density at radius 2 is 2.00 bits per heavy atom. The van der Waals surface area contributed by atoms with E-state index >= 15 is 0 Å². The van der Waals surface area contributed by atoms with Crippen LogP contribution in [-0.4, -0.2) is 57.7 Å². The predicted molar refractivity (Wildman–Crippen MR) is 112 cm³/mol. The molecule has 1 aliphatic heterocycles. The van der Waals surface area contributed by atoms with E-state index in [4.69, 9.17) is 26.1 Å². The van der Waals surface area contributed by atoms with Crippen molar-refractivity contribution in [2.75, 3.05) is 30.3 Å². The predicted octanol–water partition coefficient (Wildman–Crippen LogP) is 2.71. The third-order valence-corrected chi connectivity index (χ3v) is 4.87. The van der Waals surface area contributed by atoms with Crippen LogP contribution in [0.2, 0.25) is 0 Å². The highest BCUT2D eigenvalue weighted by Gasteiger charge is 2.38. The van der Waals surface area contributed by atoms with E-state index < -0.39 is 30.2 Å². The van der Waals surface area contributed by atoms with Crippen LogP contribution in [0, 0.1) is 5.82 Å². The van der Waals surface area contributed by atoms with Crippen molar-refractivity contribution in [3.05, 3.63) is 48.0 Å². The van der Waals surface area contributed by atoms with Gasteiger partial charge in [-0.1, -0.05) is 0 Å². The quantitative estimate of drug-likeness (QED) is 0.467. The number of aromatic nitrogens is 3. The fourth-order valence-electron chi connectivity index (χ4n) is 3.45. The summed E-state index contributed by atoms with van der Waals surface area (Å²) >= 11 is 0. The number of carbonyl (C=O) groups is 1. The number of carboxylic acids is 1. The number of benzene rings is 1. The van der Waals surface area contributed by atoms with Crippen molar-refractivity contribution in [2.24, 2.45) is 5.73 Å². The second-order valence-corrected chi connectivity index (χ2v) is 7.28. The van der Waals surface area contributed by atoms with Crippen molar-refractivity contribution in [3.63, 3.8) is 0 Å². The van der Waals surface area contributed by atoms with E-state index in [0.29, 0.717) is 41.6 Å². The Bertz CT molecular complexity index is 1160. The third kappa shape index (κ3) is 5.62. The topological polar surface area (TPSA) is 132 Å². The van der Waals surface area contributed by atoms with Crippen LogP contribution in [0.1, 0.15) is 18.0 Å². The highest BCUT2D eigenvalue weighted by atomic mass is 19.4. The third-order valence-electron chi connectivity index (χ3n) is 4.87. The molecule has 2 atom stereocenters. The van der Waals surface area contributed by atoms with Crippen molar-refractivity contribution >= 4 is 23.1 Å². The average Bonchev–Trinajstić information content (AvgIpc) is 3.35. The van der Waals surface area contributed by atoms with Crippen molar-refractivity contribution in [3.8, 4) is 5.75 Å². The number of rotatable bonds is 5. The normalized spacial score (nSPS) is 18.0. The Labute approximate surface area is 189 Å². The number of nitrogen functional groups attached to an aromatic ring is 1. The molecule has 4 rings (SSSR count). The fraction of sp³-hybridized carbons (Fsp3) is 0.350.